The Kier molecular flexibility index (Phi) is 8.60. The minimum absolute atomic E-state index is 0.195. The van der Waals surface area contributed by atoms with Crippen LogP contribution in [0.5, 0.6) is 0 Å². The van der Waals surface area contributed by atoms with Gasteiger partial charge in [0.05, 0.1) is 16.5 Å². The minimum atomic E-state index is -3.75. The molecule has 1 aliphatic heterocycles. The molecule has 8 heteroatoms. The zero-order valence-corrected chi connectivity index (χ0v) is 25.3. The van der Waals surface area contributed by atoms with Crippen LogP contribution in [0.15, 0.2) is 114 Å². The molecule has 1 aliphatic rings. The molecule has 0 spiro atoms. The second-order valence-electron chi connectivity index (χ2n) is 11.7. The van der Waals surface area contributed by atoms with E-state index in [2.05, 4.69) is 33.1 Å². The first-order valence-electron chi connectivity index (χ1n) is 14.1. The van der Waals surface area contributed by atoms with Crippen LogP contribution in [0.1, 0.15) is 37.5 Å². The van der Waals surface area contributed by atoms with Crippen LogP contribution in [-0.4, -0.2) is 37.9 Å². The highest BCUT2D eigenvalue weighted by molar-refractivity contribution is 7.89. The lowest BCUT2D eigenvalue weighted by atomic mass is 10.00. The largest absolute Gasteiger partial charge is 0.322 e. The highest BCUT2D eigenvalue weighted by atomic mass is 32.2. The number of rotatable bonds is 8. The van der Waals surface area contributed by atoms with Crippen LogP contribution in [0.4, 0.5) is 5.69 Å². The van der Waals surface area contributed by atoms with E-state index in [0.717, 1.165) is 22.3 Å². The van der Waals surface area contributed by atoms with Crippen molar-refractivity contribution in [3.63, 3.8) is 0 Å². The van der Waals surface area contributed by atoms with E-state index in [4.69, 9.17) is 0 Å². The normalized spacial score (nSPS) is 14.0. The van der Waals surface area contributed by atoms with E-state index in [1.807, 2.05) is 48.5 Å². The van der Waals surface area contributed by atoms with E-state index in [-0.39, 0.29) is 10.8 Å². The molecule has 0 aromatic heterocycles. The van der Waals surface area contributed by atoms with Gasteiger partial charge in [0.2, 0.25) is 10.0 Å². The predicted molar refractivity (Wildman–Crippen MR) is 170 cm³/mol. The van der Waals surface area contributed by atoms with E-state index in [1.165, 1.54) is 0 Å². The van der Waals surface area contributed by atoms with Crippen LogP contribution < -0.4 is 10.0 Å². The lowest BCUT2D eigenvalue weighted by Crippen LogP contribution is -2.40. The fraction of sp³-hybridized carbons (Fsp3) is 0.200. The zero-order chi connectivity index (χ0) is 30.6. The Morgan fingerprint density at radius 2 is 1.56 bits per heavy atom. The van der Waals surface area contributed by atoms with Crippen molar-refractivity contribution >= 4 is 27.2 Å². The van der Waals surface area contributed by atoms with Crippen molar-refractivity contribution in [1.82, 2.24) is 9.62 Å². The third-order valence-corrected chi connectivity index (χ3v) is 8.88. The van der Waals surface area contributed by atoms with Gasteiger partial charge in [0.25, 0.3) is 5.91 Å². The van der Waals surface area contributed by atoms with E-state index >= 15 is 0 Å². The Morgan fingerprint density at radius 3 is 2.26 bits per heavy atom. The van der Waals surface area contributed by atoms with Gasteiger partial charge in [-0.25, -0.2) is 13.1 Å². The first-order valence-corrected chi connectivity index (χ1v) is 15.5. The zero-order valence-electron chi connectivity index (χ0n) is 24.5. The van der Waals surface area contributed by atoms with E-state index in [0.29, 0.717) is 42.0 Å². The summed E-state index contributed by atoms with van der Waals surface area (Å²) >= 11 is 0. The summed E-state index contributed by atoms with van der Waals surface area (Å²) in [5, 5.41) is 12.5. The molecular weight excluding hydrogens is 556 g/mol. The average molecular weight is 591 g/mol. The van der Waals surface area contributed by atoms with Gasteiger partial charge in [-0.05, 0) is 73.4 Å². The quantitative estimate of drug-likeness (QED) is 0.254. The highest BCUT2D eigenvalue weighted by Crippen LogP contribution is 2.31. The second-order valence-corrected chi connectivity index (χ2v) is 13.3. The summed E-state index contributed by atoms with van der Waals surface area (Å²) in [5.74, 6) is -0.210. The number of sulfonamides is 1. The summed E-state index contributed by atoms with van der Waals surface area (Å²) < 4.78 is 29.0. The molecule has 4 aromatic carbocycles. The molecule has 0 atom stereocenters. The van der Waals surface area contributed by atoms with E-state index in [9.17, 15) is 18.5 Å². The first kappa shape index (κ1) is 29.9. The molecule has 43 heavy (non-hydrogen) atoms. The van der Waals surface area contributed by atoms with Crippen LogP contribution in [0.3, 0.4) is 0 Å². The molecule has 5 rings (SSSR count). The van der Waals surface area contributed by atoms with Crippen LogP contribution in [0.25, 0.3) is 16.7 Å². The molecule has 0 aliphatic carbocycles. The SMILES string of the molecule is CC(C)(C)NS(=O)(=O)c1ccccc1-c1ccc(NC(=O)C2=C(c3cccc(C#N)c3)CN(Cc3ccccc3)C2)cc1. The number of hydrogen-bond donors (Lipinski definition) is 2. The summed E-state index contributed by atoms with van der Waals surface area (Å²) in [5.41, 5.74) is 5.38. The van der Waals surface area contributed by atoms with Gasteiger partial charge in [0.1, 0.15) is 0 Å². The number of benzene rings is 4. The van der Waals surface area contributed by atoms with Crippen molar-refractivity contribution in [3.05, 3.63) is 125 Å². The molecular formula is C35H34N4O3S. The number of anilines is 1. The standard InChI is InChI=1S/C35H34N4O3S/c1-35(2,3)38-43(41,42)33-15-8-7-14-30(33)27-16-18-29(19-17-27)37-34(40)32-24-39(22-25-10-5-4-6-11-25)23-31(32)28-13-9-12-26(20-28)21-36/h4-20,38H,22-24H2,1-3H3,(H,37,40). The molecule has 4 aromatic rings. The first-order chi connectivity index (χ1) is 20.5. The Morgan fingerprint density at radius 1 is 0.860 bits per heavy atom. The van der Waals surface area contributed by atoms with Crippen molar-refractivity contribution in [2.24, 2.45) is 0 Å². The van der Waals surface area contributed by atoms with Crippen molar-refractivity contribution in [3.8, 4) is 17.2 Å². The molecule has 0 bridgehead atoms. The molecule has 7 nitrogen and oxygen atoms in total. The number of hydrogen-bond acceptors (Lipinski definition) is 5. The Labute approximate surface area is 253 Å². The van der Waals surface area contributed by atoms with Crippen molar-refractivity contribution in [2.75, 3.05) is 18.4 Å². The number of nitrogens with one attached hydrogen (secondary N) is 2. The lowest BCUT2D eigenvalue weighted by molar-refractivity contribution is -0.112. The summed E-state index contributed by atoms with van der Waals surface area (Å²) in [6, 6.07) is 33.7. The monoisotopic (exact) mass is 590 g/mol. The maximum atomic E-state index is 13.7. The molecule has 1 amide bonds. The van der Waals surface area contributed by atoms with E-state index < -0.39 is 15.6 Å². The van der Waals surface area contributed by atoms with Crippen molar-refractivity contribution < 1.29 is 13.2 Å². The van der Waals surface area contributed by atoms with Crippen LogP contribution in [0, 0.1) is 11.3 Å². The Balaban J connectivity index is 1.40. The third kappa shape index (κ3) is 7.27. The van der Waals surface area contributed by atoms with Gasteiger partial charge in [0.15, 0.2) is 0 Å². The highest BCUT2D eigenvalue weighted by Gasteiger charge is 2.28. The van der Waals surface area contributed by atoms with Crippen molar-refractivity contribution in [1.29, 1.82) is 5.26 Å². The predicted octanol–water partition coefficient (Wildman–Crippen LogP) is 6.21. The maximum Gasteiger partial charge on any atom is 0.253 e. The molecule has 0 fully saturated rings. The van der Waals surface area contributed by atoms with Gasteiger partial charge in [-0.15, -0.1) is 0 Å². The van der Waals surface area contributed by atoms with Crippen LogP contribution >= 0.6 is 0 Å². The molecule has 1 heterocycles. The van der Waals surface area contributed by atoms with Gasteiger partial charge in [-0.1, -0.05) is 72.8 Å². The summed E-state index contributed by atoms with van der Waals surface area (Å²) in [6.07, 6.45) is 0. The topological polar surface area (TPSA) is 102 Å². The third-order valence-electron chi connectivity index (χ3n) is 7.06. The summed E-state index contributed by atoms with van der Waals surface area (Å²) in [6.45, 7) is 7.15. The number of carbonyl (C=O) groups is 1. The van der Waals surface area contributed by atoms with Crippen LogP contribution in [0.2, 0.25) is 0 Å². The number of nitriles is 1. The molecule has 0 saturated heterocycles. The fourth-order valence-corrected chi connectivity index (χ4v) is 6.88. The summed E-state index contributed by atoms with van der Waals surface area (Å²) in [4.78, 5) is 16.1. The smallest absolute Gasteiger partial charge is 0.253 e. The molecule has 218 valence electrons. The van der Waals surface area contributed by atoms with Crippen molar-refractivity contribution in [2.45, 2.75) is 37.8 Å². The molecule has 0 radical (unpaired) electrons. The number of amides is 1. The maximum absolute atomic E-state index is 13.7. The summed E-state index contributed by atoms with van der Waals surface area (Å²) in [7, 11) is -3.75. The van der Waals surface area contributed by atoms with Gasteiger partial charge in [0, 0.05) is 42.0 Å². The molecule has 2 N–H and O–H groups in total. The molecule has 0 unspecified atom stereocenters. The number of nitrogens with zero attached hydrogens (tertiary/aromatic N) is 2. The molecule has 0 saturated carbocycles. The fourth-order valence-electron chi connectivity index (χ4n) is 5.24. The minimum Gasteiger partial charge on any atom is -0.322 e. The van der Waals surface area contributed by atoms with E-state index in [1.54, 1.807) is 63.2 Å². The Hall–Kier alpha value is -4.55. The Bertz CT molecular complexity index is 1820. The average Bonchev–Trinajstić information content (AvgIpc) is 3.41. The van der Waals surface area contributed by atoms with Gasteiger partial charge >= 0.3 is 0 Å². The van der Waals surface area contributed by atoms with Crippen LogP contribution in [-0.2, 0) is 21.4 Å². The number of carbonyl (C=O) groups excluding carboxylic acids is 1. The van der Waals surface area contributed by atoms with Gasteiger partial charge in [-0.3, -0.25) is 9.69 Å². The lowest BCUT2D eigenvalue weighted by Gasteiger charge is -2.21. The second kappa shape index (κ2) is 12.4. The van der Waals surface area contributed by atoms with Gasteiger partial charge < -0.3 is 5.32 Å². The van der Waals surface area contributed by atoms with Gasteiger partial charge in [-0.2, -0.15) is 5.26 Å².